The summed E-state index contributed by atoms with van der Waals surface area (Å²) in [5.74, 6) is 1.01. The molecule has 0 saturated carbocycles. The van der Waals surface area contributed by atoms with Crippen molar-refractivity contribution >= 4 is 39.1 Å². The van der Waals surface area contributed by atoms with E-state index in [1.54, 1.807) is 13.1 Å². The van der Waals surface area contributed by atoms with Gasteiger partial charge in [0.25, 0.3) is 0 Å². The lowest BCUT2D eigenvalue weighted by atomic mass is 10.1. The summed E-state index contributed by atoms with van der Waals surface area (Å²) < 4.78 is 13.7. The van der Waals surface area contributed by atoms with Crippen molar-refractivity contribution in [2.24, 2.45) is 0 Å². The van der Waals surface area contributed by atoms with Gasteiger partial charge in [-0.2, -0.15) is 5.10 Å². The molecule has 2 N–H and O–H groups in total. The highest BCUT2D eigenvalue weighted by Crippen LogP contribution is 2.33. The third-order valence-corrected chi connectivity index (χ3v) is 6.52. The van der Waals surface area contributed by atoms with Gasteiger partial charge < -0.3 is 20.1 Å². The molecule has 10 heteroatoms. The van der Waals surface area contributed by atoms with Crippen LogP contribution >= 0.6 is 0 Å². The number of Topliss-reactive ketones (excluding diaryl/α,β-unsaturated/α-hetero) is 1. The van der Waals surface area contributed by atoms with Crippen molar-refractivity contribution in [2.45, 2.75) is 25.7 Å². The first kappa shape index (κ1) is 24.0. The second-order valence-corrected chi connectivity index (χ2v) is 9.12. The van der Waals surface area contributed by atoms with Crippen molar-refractivity contribution in [2.75, 3.05) is 25.0 Å². The molecule has 2 aromatic carbocycles. The molecule has 1 fully saturated rings. The Balaban J connectivity index is 1.26. The second-order valence-electron chi connectivity index (χ2n) is 9.12. The third kappa shape index (κ3) is 4.91. The van der Waals surface area contributed by atoms with Crippen LogP contribution in [0.25, 0.3) is 21.8 Å². The monoisotopic (exact) mass is 509 g/mol. The van der Waals surface area contributed by atoms with E-state index in [1.165, 1.54) is 6.33 Å². The Morgan fingerprint density at radius 1 is 1.18 bits per heavy atom. The van der Waals surface area contributed by atoms with Crippen LogP contribution in [0.4, 0.5) is 11.5 Å². The van der Waals surface area contributed by atoms with Crippen molar-refractivity contribution in [3.63, 3.8) is 0 Å². The predicted molar refractivity (Wildman–Crippen MR) is 144 cm³/mol. The average Bonchev–Trinajstić information content (AvgIpc) is 3.35. The van der Waals surface area contributed by atoms with Crippen molar-refractivity contribution in [3.05, 3.63) is 79.0 Å². The number of pyridine rings is 1. The molecular formula is C28H27N7O3. The van der Waals surface area contributed by atoms with Crippen LogP contribution in [0.15, 0.2) is 73.3 Å². The molecule has 38 heavy (non-hydrogen) atoms. The summed E-state index contributed by atoms with van der Waals surface area (Å²) in [5, 5.41) is 12.8. The molecule has 1 unspecified atom stereocenters. The van der Waals surface area contributed by atoms with Crippen LogP contribution in [-0.4, -0.2) is 62.4 Å². The number of hydrogen-bond acceptors (Lipinski definition) is 9. The Kier molecular flexibility index (Phi) is 6.63. The highest BCUT2D eigenvalue weighted by molar-refractivity contribution is 5.97. The van der Waals surface area contributed by atoms with E-state index in [9.17, 15) is 4.79 Å². The summed E-state index contributed by atoms with van der Waals surface area (Å²) in [4.78, 5) is 26.2. The smallest absolute Gasteiger partial charge is 0.202 e. The molecule has 4 heterocycles. The molecule has 1 aliphatic rings. The van der Waals surface area contributed by atoms with Gasteiger partial charge in [0, 0.05) is 30.4 Å². The lowest BCUT2D eigenvalue weighted by Crippen LogP contribution is -2.47. The minimum atomic E-state index is -0.695. The standard InChI is InChI=1S/C28H27N7O3/c1-18(27(36)25-15-29-11-12-37-25)38-24-7-4-6-22-26(24)28(32-17-31-22)34-20-8-9-23-19(13-20)14-33-35(23)16-21-5-2-3-10-30-21/h2-10,13-14,17-18,25,29H,11-12,15-16H2,1H3,(H,31,32,34)/t18-,25?/m1/s1. The van der Waals surface area contributed by atoms with Gasteiger partial charge >= 0.3 is 0 Å². The number of rotatable bonds is 8. The fourth-order valence-corrected chi connectivity index (χ4v) is 4.60. The molecule has 0 radical (unpaired) electrons. The minimum Gasteiger partial charge on any atom is -0.482 e. The highest BCUT2D eigenvalue weighted by atomic mass is 16.5. The van der Waals surface area contributed by atoms with Crippen molar-refractivity contribution in [3.8, 4) is 5.75 Å². The summed E-state index contributed by atoms with van der Waals surface area (Å²) in [6, 6.07) is 17.4. The Labute approximate surface area is 219 Å². The maximum atomic E-state index is 12.9. The maximum absolute atomic E-state index is 12.9. The zero-order valence-corrected chi connectivity index (χ0v) is 20.9. The molecule has 0 amide bonds. The number of carbonyl (C=O) groups excluding carboxylic acids is 1. The first-order valence-electron chi connectivity index (χ1n) is 12.5. The van der Waals surface area contributed by atoms with Crippen LogP contribution in [0.2, 0.25) is 0 Å². The first-order chi connectivity index (χ1) is 18.7. The second kappa shape index (κ2) is 10.5. The normalized spacial score (nSPS) is 16.4. The van der Waals surface area contributed by atoms with Crippen LogP contribution in [-0.2, 0) is 16.1 Å². The van der Waals surface area contributed by atoms with Gasteiger partial charge in [-0.3, -0.25) is 14.5 Å². The van der Waals surface area contributed by atoms with Crippen molar-refractivity contribution < 1.29 is 14.3 Å². The number of ketones is 1. The number of nitrogens with one attached hydrogen (secondary N) is 2. The summed E-state index contributed by atoms with van der Waals surface area (Å²) >= 11 is 0. The van der Waals surface area contributed by atoms with E-state index < -0.39 is 12.2 Å². The number of carbonyl (C=O) groups is 1. The van der Waals surface area contributed by atoms with Crippen LogP contribution in [0.1, 0.15) is 12.6 Å². The number of nitrogens with zero attached hydrogens (tertiary/aromatic N) is 5. The van der Waals surface area contributed by atoms with Gasteiger partial charge in [-0.15, -0.1) is 0 Å². The number of benzene rings is 2. The molecule has 1 aliphatic heterocycles. The molecule has 2 atom stereocenters. The van der Waals surface area contributed by atoms with Gasteiger partial charge in [-0.25, -0.2) is 9.97 Å². The van der Waals surface area contributed by atoms with Crippen LogP contribution in [0, 0.1) is 0 Å². The SMILES string of the molecule is C[C@@H](Oc1cccc2ncnc(Nc3ccc4c(cnn4Cc4ccccn4)c3)c12)C(=O)C1CNCCO1. The van der Waals surface area contributed by atoms with Crippen LogP contribution in [0.3, 0.4) is 0 Å². The van der Waals surface area contributed by atoms with E-state index >= 15 is 0 Å². The average molecular weight is 510 g/mol. The quantitative estimate of drug-likeness (QED) is 0.324. The first-order valence-corrected chi connectivity index (χ1v) is 12.5. The van der Waals surface area contributed by atoms with E-state index in [0.29, 0.717) is 42.2 Å². The zero-order valence-electron chi connectivity index (χ0n) is 20.9. The minimum absolute atomic E-state index is 0.103. The molecule has 0 aliphatic carbocycles. The van der Waals surface area contributed by atoms with Gasteiger partial charge in [0.15, 0.2) is 6.10 Å². The van der Waals surface area contributed by atoms with Gasteiger partial charge in [-0.1, -0.05) is 12.1 Å². The Morgan fingerprint density at radius 2 is 2.13 bits per heavy atom. The van der Waals surface area contributed by atoms with Gasteiger partial charge in [-0.05, 0) is 49.4 Å². The molecule has 6 rings (SSSR count). The Bertz CT molecular complexity index is 1580. The van der Waals surface area contributed by atoms with E-state index in [0.717, 1.165) is 28.8 Å². The third-order valence-electron chi connectivity index (χ3n) is 6.52. The summed E-state index contributed by atoms with van der Waals surface area (Å²) in [6.07, 6.45) is 3.91. The Morgan fingerprint density at radius 3 is 2.97 bits per heavy atom. The molecule has 192 valence electrons. The molecular weight excluding hydrogens is 482 g/mol. The number of ether oxygens (including phenoxy) is 2. The van der Waals surface area contributed by atoms with Crippen molar-refractivity contribution in [1.29, 1.82) is 0 Å². The lowest BCUT2D eigenvalue weighted by Gasteiger charge is -2.25. The van der Waals surface area contributed by atoms with Crippen LogP contribution < -0.4 is 15.4 Å². The largest absolute Gasteiger partial charge is 0.482 e. The summed E-state index contributed by atoms with van der Waals surface area (Å²) in [7, 11) is 0. The van der Waals surface area contributed by atoms with Gasteiger partial charge in [0.05, 0.1) is 41.5 Å². The summed E-state index contributed by atoms with van der Waals surface area (Å²) in [5.41, 5.74) is 3.50. The lowest BCUT2D eigenvalue weighted by molar-refractivity contribution is -0.138. The number of aromatic nitrogens is 5. The fraction of sp³-hybridized carbons (Fsp3) is 0.250. The van der Waals surface area contributed by atoms with E-state index in [2.05, 4.69) is 30.7 Å². The number of hydrogen-bond donors (Lipinski definition) is 2. The molecule has 3 aromatic heterocycles. The molecule has 1 saturated heterocycles. The highest BCUT2D eigenvalue weighted by Gasteiger charge is 2.28. The Hall–Kier alpha value is -4.41. The molecule has 10 nitrogen and oxygen atoms in total. The number of morpholine rings is 1. The van der Waals surface area contributed by atoms with E-state index in [1.807, 2.05) is 65.5 Å². The summed E-state index contributed by atoms with van der Waals surface area (Å²) in [6.45, 7) is 4.07. The number of fused-ring (bicyclic) bond motifs is 2. The zero-order chi connectivity index (χ0) is 25.9. The predicted octanol–water partition coefficient (Wildman–Crippen LogP) is 3.49. The molecule has 5 aromatic rings. The van der Waals surface area contributed by atoms with Crippen molar-refractivity contribution in [1.82, 2.24) is 30.0 Å². The molecule has 0 bridgehead atoms. The van der Waals surface area contributed by atoms with Gasteiger partial charge in [0.1, 0.15) is 24.0 Å². The maximum Gasteiger partial charge on any atom is 0.202 e. The fourth-order valence-electron chi connectivity index (χ4n) is 4.60. The van der Waals surface area contributed by atoms with E-state index in [4.69, 9.17) is 9.47 Å². The number of anilines is 2. The molecule has 0 spiro atoms. The van der Waals surface area contributed by atoms with Gasteiger partial charge in [0.2, 0.25) is 5.78 Å². The van der Waals surface area contributed by atoms with Crippen LogP contribution in [0.5, 0.6) is 5.75 Å². The van der Waals surface area contributed by atoms with E-state index in [-0.39, 0.29) is 5.78 Å². The topological polar surface area (TPSA) is 116 Å².